The smallest absolute Gasteiger partial charge is 0.276 e. The van der Waals surface area contributed by atoms with Crippen LogP contribution >= 0.6 is 12.4 Å². The molecule has 0 saturated heterocycles. The van der Waals surface area contributed by atoms with Crippen LogP contribution in [0.15, 0.2) is 24.3 Å². The summed E-state index contributed by atoms with van der Waals surface area (Å²) in [6.45, 7) is 5.26. The summed E-state index contributed by atoms with van der Waals surface area (Å²) in [6.07, 6.45) is 0. The second-order valence-corrected chi connectivity index (χ2v) is 5.10. The third-order valence-electron chi connectivity index (χ3n) is 3.39. The van der Waals surface area contributed by atoms with Crippen molar-refractivity contribution < 1.29 is 4.79 Å². The lowest BCUT2D eigenvalue weighted by Gasteiger charge is -2.15. The summed E-state index contributed by atoms with van der Waals surface area (Å²) in [5.41, 5.74) is 3.20. The number of rotatable bonds is 5. The molecule has 0 aliphatic heterocycles. The monoisotopic (exact) mass is 323 g/mol. The molecule has 1 aromatic heterocycles. The van der Waals surface area contributed by atoms with Gasteiger partial charge < -0.3 is 10.2 Å². The van der Waals surface area contributed by atoms with E-state index in [-0.39, 0.29) is 18.3 Å². The maximum atomic E-state index is 12.4. The highest BCUT2D eigenvalue weighted by Gasteiger charge is 2.20. The molecule has 7 heteroatoms. The van der Waals surface area contributed by atoms with Crippen molar-refractivity contribution in [3.05, 3.63) is 41.2 Å². The zero-order valence-corrected chi connectivity index (χ0v) is 14.1. The Morgan fingerprint density at radius 3 is 2.73 bits per heavy atom. The predicted octanol–water partition coefficient (Wildman–Crippen LogP) is 1.60. The molecule has 1 N–H and O–H groups in total. The van der Waals surface area contributed by atoms with Gasteiger partial charge in [-0.25, -0.2) is 4.68 Å². The largest absolute Gasteiger partial charge is 0.339 e. The Morgan fingerprint density at radius 2 is 2.09 bits per heavy atom. The number of amides is 1. The van der Waals surface area contributed by atoms with Crippen LogP contribution in [0.3, 0.4) is 0 Å². The van der Waals surface area contributed by atoms with Gasteiger partial charge in [0.05, 0.1) is 11.4 Å². The molecule has 0 atom stereocenters. The van der Waals surface area contributed by atoms with Gasteiger partial charge in [0.1, 0.15) is 0 Å². The van der Waals surface area contributed by atoms with E-state index in [4.69, 9.17) is 0 Å². The Hall–Kier alpha value is -1.92. The molecule has 1 heterocycles. The number of aryl methyl sites for hydroxylation is 1. The summed E-state index contributed by atoms with van der Waals surface area (Å²) in [5, 5.41) is 11.2. The Balaban J connectivity index is 0.00000242. The summed E-state index contributed by atoms with van der Waals surface area (Å²) in [7, 11) is 3.63. The summed E-state index contributed by atoms with van der Waals surface area (Å²) in [5.74, 6) is -0.110. The Bertz CT molecular complexity index is 641. The first kappa shape index (κ1) is 18.1. The fourth-order valence-corrected chi connectivity index (χ4v) is 2.09. The van der Waals surface area contributed by atoms with Crippen molar-refractivity contribution in [1.29, 1.82) is 0 Å². The number of nitrogens with one attached hydrogen (secondary N) is 1. The van der Waals surface area contributed by atoms with Gasteiger partial charge in [-0.05, 0) is 38.6 Å². The number of benzene rings is 1. The van der Waals surface area contributed by atoms with Crippen LogP contribution < -0.4 is 5.32 Å². The molecule has 1 amide bonds. The molecule has 0 aliphatic rings. The number of carbonyl (C=O) groups excluding carboxylic acids is 1. The van der Waals surface area contributed by atoms with Crippen LogP contribution in [-0.4, -0.2) is 53.0 Å². The minimum Gasteiger partial charge on any atom is -0.339 e. The molecular weight excluding hydrogens is 302 g/mol. The lowest BCUT2D eigenvalue weighted by molar-refractivity contribution is 0.0790. The van der Waals surface area contributed by atoms with E-state index in [1.54, 1.807) is 16.6 Å². The van der Waals surface area contributed by atoms with Gasteiger partial charge in [0.15, 0.2) is 5.69 Å². The van der Waals surface area contributed by atoms with Gasteiger partial charge in [0.25, 0.3) is 5.91 Å². The van der Waals surface area contributed by atoms with E-state index in [1.807, 2.05) is 45.2 Å². The van der Waals surface area contributed by atoms with Gasteiger partial charge in [-0.1, -0.05) is 17.3 Å². The number of hydrogen-bond acceptors (Lipinski definition) is 4. The van der Waals surface area contributed by atoms with Gasteiger partial charge >= 0.3 is 0 Å². The molecule has 0 bridgehead atoms. The van der Waals surface area contributed by atoms with Crippen molar-refractivity contribution in [2.24, 2.45) is 0 Å². The average molecular weight is 324 g/mol. The summed E-state index contributed by atoms with van der Waals surface area (Å²) >= 11 is 0. The molecule has 0 saturated carbocycles. The zero-order valence-electron chi connectivity index (χ0n) is 13.3. The SMILES string of the molecule is CNCCN(C)C(=O)c1nnn(-c2cccc(C)c2)c1C.Cl. The third-order valence-corrected chi connectivity index (χ3v) is 3.39. The Morgan fingerprint density at radius 1 is 1.36 bits per heavy atom. The van der Waals surface area contributed by atoms with Crippen LogP contribution in [0.1, 0.15) is 21.7 Å². The van der Waals surface area contributed by atoms with Gasteiger partial charge in [-0.15, -0.1) is 17.5 Å². The lowest BCUT2D eigenvalue weighted by Crippen LogP contribution is -2.33. The molecule has 2 rings (SSSR count). The van der Waals surface area contributed by atoms with E-state index >= 15 is 0 Å². The first-order chi connectivity index (χ1) is 10.0. The topological polar surface area (TPSA) is 63.1 Å². The lowest BCUT2D eigenvalue weighted by atomic mass is 10.2. The summed E-state index contributed by atoms with van der Waals surface area (Å²) < 4.78 is 1.70. The molecule has 6 nitrogen and oxygen atoms in total. The first-order valence-electron chi connectivity index (χ1n) is 6.94. The fourth-order valence-electron chi connectivity index (χ4n) is 2.09. The van der Waals surface area contributed by atoms with E-state index in [1.165, 1.54) is 0 Å². The molecule has 0 unspecified atom stereocenters. The van der Waals surface area contributed by atoms with Crippen molar-refractivity contribution in [2.75, 3.05) is 27.2 Å². The average Bonchev–Trinajstić information content (AvgIpc) is 2.85. The van der Waals surface area contributed by atoms with Crippen molar-refractivity contribution in [2.45, 2.75) is 13.8 Å². The standard InChI is InChI=1S/C15H21N5O.ClH/c1-11-6-5-7-13(10-11)20-12(2)14(17-18-20)15(21)19(4)9-8-16-3;/h5-7,10,16H,8-9H2,1-4H3;1H. The summed E-state index contributed by atoms with van der Waals surface area (Å²) in [4.78, 5) is 14.0. The Labute approximate surface area is 136 Å². The van der Waals surface area contributed by atoms with Crippen LogP contribution in [0.2, 0.25) is 0 Å². The summed E-state index contributed by atoms with van der Waals surface area (Å²) in [6, 6.07) is 7.95. The van der Waals surface area contributed by atoms with Gasteiger partial charge in [-0.2, -0.15) is 0 Å². The maximum Gasteiger partial charge on any atom is 0.276 e. The van der Waals surface area contributed by atoms with Crippen LogP contribution in [-0.2, 0) is 0 Å². The normalized spacial score (nSPS) is 10.2. The molecular formula is C15H22ClN5O. The number of hydrogen-bond donors (Lipinski definition) is 1. The van der Waals surface area contributed by atoms with Crippen molar-refractivity contribution >= 4 is 18.3 Å². The molecule has 2 aromatic rings. The second kappa shape index (κ2) is 7.91. The fraction of sp³-hybridized carbons (Fsp3) is 0.400. The van der Waals surface area contributed by atoms with Crippen LogP contribution in [0, 0.1) is 13.8 Å². The van der Waals surface area contributed by atoms with Crippen LogP contribution in [0.4, 0.5) is 0 Å². The van der Waals surface area contributed by atoms with Crippen LogP contribution in [0.25, 0.3) is 5.69 Å². The van der Waals surface area contributed by atoms with Crippen molar-refractivity contribution in [1.82, 2.24) is 25.2 Å². The molecule has 0 aliphatic carbocycles. The van der Waals surface area contributed by atoms with Gasteiger partial charge in [0.2, 0.25) is 0 Å². The molecule has 120 valence electrons. The first-order valence-corrected chi connectivity index (χ1v) is 6.94. The highest BCUT2D eigenvalue weighted by Crippen LogP contribution is 2.14. The molecule has 0 spiro atoms. The van der Waals surface area contributed by atoms with Gasteiger partial charge in [0, 0.05) is 20.1 Å². The quantitative estimate of drug-likeness (QED) is 0.907. The van der Waals surface area contributed by atoms with Crippen molar-refractivity contribution in [3.63, 3.8) is 0 Å². The minimum absolute atomic E-state index is 0. The third kappa shape index (κ3) is 3.84. The number of aromatic nitrogens is 3. The van der Waals surface area contributed by atoms with Gasteiger partial charge in [-0.3, -0.25) is 4.79 Å². The zero-order chi connectivity index (χ0) is 15.4. The highest BCUT2D eigenvalue weighted by atomic mass is 35.5. The maximum absolute atomic E-state index is 12.4. The molecule has 1 aromatic carbocycles. The number of halogens is 1. The number of nitrogens with zero attached hydrogens (tertiary/aromatic N) is 4. The van der Waals surface area contributed by atoms with E-state index in [9.17, 15) is 4.79 Å². The van der Waals surface area contributed by atoms with Crippen molar-refractivity contribution in [3.8, 4) is 5.69 Å². The second-order valence-electron chi connectivity index (χ2n) is 5.10. The molecule has 22 heavy (non-hydrogen) atoms. The van der Waals surface area contributed by atoms with E-state index in [0.29, 0.717) is 12.2 Å². The number of likely N-dealkylation sites (N-methyl/N-ethyl adjacent to an activating group) is 2. The highest BCUT2D eigenvalue weighted by molar-refractivity contribution is 5.93. The van der Waals surface area contributed by atoms with E-state index < -0.39 is 0 Å². The Kier molecular flexibility index (Phi) is 6.52. The van der Waals surface area contributed by atoms with E-state index in [2.05, 4.69) is 15.6 Å². The number of carbonyl (C=O) groups is 1. The minimum atomic E-state index is -0.110. The van der Waals surface area contributed by atoms with Crippen LogP contribution in [0.5, 0.6) is 0 Å². The molecule has 0 fully saturated rings. The molecule has 0 radical (unpaired) electrons. The van der Waals surface area contributed by atoms with E-state index in [0.717, 1.165) is 23.5 Å². The predicted molar refractivity (Wildman–Crippen MR) is 89.0 cm³/mol.